The number of hydrogen-bond acceptors (Lipinski definition) is 4. The van der Waals surface area contributed by atoms with E-state index in [-0.39, 0.29) is 19.5 Å². The van der Waals surface area contributed by atoms with Crippen molar-refractivity contribution >= 4 is 0 Å². The minimum atomic E-state index is -0.751. The maximum absolute atomic E-state index is 9.78. The number of methoxy groups -OCH3 is 1. The maximum atomic E-state index is 9.78. The molecule has 2 atom stereocenters. The molecule has 0 heterocycles. The summed E-state index contributed by atoms with van der Waals surface area (Å²) < 4.78 is 16.8. The highest BCUT2D eigenvalue weighted by Crippen LogP contribution is 2.24. The van der Waals surface area contributed by atoms with Gasteiger partial charge in [-0.3, -0.25) is 0 Å². The summed E-state index contributed by atoms with van der Waals surface area (Å²) in [6, 6.07) is 10.1. The molecule has 0 bridgehead atoms. The molecule has 4 nitrogen and oxygen atoms in total. The van der Waals surface area contributed by atoms with Crippen molar-refractivity contribution in [2.24, 2.45) is 0 Å². The van der Waals surface area contributed by atoms with E-state index in [1.807, 2.05) is 37.3 Å². The average molecular weight is 310 g/mol. The fraction of sp³-hybridized carbons (Fsp3) is 0.667. The van der Waals surface area contributed by atoms with Gasteiger partial charge in [0.1, 0.15) is 12.4 Å². The minimum Gasteiger partial charge on any atom is -0.393 e. The molecule has 126 valence electrons. The number of rotatable bonds is 12. The number of unbranched alkanes of at least 4 members (excludes halogenated alkanes) is 2. The smallest absolute Gasteiger partial charge is 0.147 e. The number of ether oxygens (including phenoxy) is 3. The molecule has 0 aromatic heterocycles. The van der Waals surface area contributed by atoms with E-state index in [4.69, 9.17) is 14.2 Å². The third-order valence-electron chi connectivity index (χ3n) is 3.87. The Kier molecular flexibility index (Phi) is 9.32. The van der Waals surface area contributed by atoms with E-state index >= 15 is 0 Å². The van der Waals surface area contributed by atoms with Gasteiger partial charge >= 0.3 is 0 Å². The van der Waals surface area contributed by atoms with Gasteiger partial charge in [0.05, 0.1) is 19.3 Å². The van der Waals surface area contributed by atoms with Crippen LogP contribution in [-0.2, 0) is 20.8 Å². The molecule has 0 amide bonds. The summed E-state index contributed by atoms with van der Waals surface area (Å²) in [7, 11) is 1.58. The number of aliphatic hydroxyl groups is 1. The second-order valence-corrected chi connectivity index (χ2v) is 5.80. The van der Waals surface area contributed by atoms with Crippen LogP contribution in [0.15, 0.2) is 30.3 Å². The zero-order chi connectivity index (χ0) is 16.3. The van der Waals surface area contributed by atoms with E-state index in [9.17, 15) is 5.11 Å². The Morgan fingerprint density at radius 1 is 1.18 bits per heavy atom. The quantitative estimate of drug-likeness (QED) is 0.474. The topological polar surface area (TPSA) is 47.9 Å². The Labute approximate surface area is 134 Å². The number of hydrogen-bond donors (Lipinski definition) is 1. The van der Waals surface area contributed by atoms with Gasteiger partial charge in [-0.15, -0.1) is 0 Å². The molecule has 1 aromatic rings. The third kappa shape index (κ3) is 6.44. The molecule has 0 spiro atoms. The minimum absolute atomic E-state index is 0.0953. The number of benzene rings is 1. The highest BCUT2D eigenvalue weighted by molar-refractivity contribution is 5.13. The largest absolute Gasteiger partial charge is 0.393 e. The van der Waals surface area contributed by atoms with Gasteiger partial charge in [0, 0.05) is 7.11 Å². The fourth-order valence-corrected chi connectivity index (χ4v) is 2.35. The highest BCUT2D eigenvalue weighted by Gasteiger charge is 2.35. The molecule has 0 unspecified atom stereocenters. The highest BCUT2D eigenvalue weighted by atomic mass is 16.7. The van der Waals surface area contributed by atoms with Crippen LogP contribution < -0.4 is 0 Å². The first-order valence-electron chi connectivity index (χ1n) is 8.05. The first-order valence-corrected chi connectivity index (χ1v) is 8.05. The van der Waals surface area contributed by atoms with E-state index in [1.54, 1.807) is 7.11 Å². The lowest BCUT2D eigenvalue weighted by Crippen LogP contribution is -2.47. The van der Waals surface area contributed by atoms with Crippen molar-refractivity contribution in [3.63, 3.8) is 0 Å². The maximum Gasteiger partial charge on any atom is 0.147 e. The molecule has 0 saturated carbocycles. The summed E-state index contributed by atoms with van der Waals surface area (Å²) in [5, 5.41) is 9.78. The molecule has 4 heteroatoms. The fourth-order valence-electron chi connectivity index (χ4n) is 2.35. The molecule has 0 aliphatic rings. The van der Waals surface area contributed by atoms with Gasteiger partial charge in [0.25, 0.3) is 0 Å². The van der Waals surface area contributed by atoms with Gasteiger partial charge in [0.15, 0.2) is 0 Å². The molecule has 1 N–H and O–H groups in total. The van der Waals surface area contributed by atoms with Gasteiger partial charge in [-0.05, 0) is 18.9 Å². The Bertz CT molecular complexity index is 382. The first kappa shape index (κ1) is 19.1. The number of aliphatic hydroxyl groups excluding tert-OH is 1. The first-order chi connectivity index (χ1) is 10.7. The van der Waals surface area contributed by atoms with Gasteiger partial charge in [0.2, 0.25) is 0 Å². The lowest BCUT2D eigenvalue weighted by atomic mass is 9.94. The monoisotopic (exact) mass is 310 g/mol. The van der Waals surface area contributed by atoms with Gasteiger partial charge in [-0.1, -0.05) is 56.5 Å². The van der Waals surface area contributed by atoms with Gasteiger partial charge in [-0.2, -0.15) is 0 Å². The van der Waals surface area contributed by atoms with Crippen molar-refractivity contribution in [3.8, 4) is 0 Å². The Hall–Kier alpha value is -0.940. The summed E-state index contributed by atoms with van der Waals surface area (Å²) >= 11 is 0. The Balaban J connectivity index is 2.67. The Morgan fingerprint density at radius 3 is 2.50 bits per heavy atom. The summed E-state index contributed by atoms with van der Waals surface area (Å²) in [4.78, 5) is 0. The van der Waals surface area contributed by atoms with Gasteiger partial charge in [-0.25, -0.2) is 0 Å². The van der Waals surface area contributed by atoms with Crippen molar-refractivity contribution in [1.29, 1.82) is 0 Å². The van der Waals surface area contributed by atoms with E-state index in [1.165, 1.54) is 0 Å². The van der Waals surface area contributed by atoms with E-state index in [2.05, 4.69) is 6.92 Å². The zero-order valence-corrected chi connectivity index (χ0v) is 14.1. The molecule has 22 heavy (non-hydrogen) atoms. The predicted molar refractivity (Wildman–Crippen MR) is 87.6 cm³/mol. The van der Waals surface area contributed by atoms with Crippen LogP contribution in [-0.4, -0.2) is 37.3 Å². The van der Waals surface area contributed by atoms with Crippen molar-refractivity contribution in [2.75, 3.05) is 20.5 Å². The van der Waals surface area contributed by atoms with Crippen molar-refractivity contribution in [2.45, 2.75) is 57.8 Å². The van der Waals surface area contributed by atoms with Crippen molar-refractivity contribution < 1.29 is 19.3 Å². The van der Waals surface area contributed by atoms with Crippen LogP contribution >= 0.6 is 0 Å². The molecule has 0 radical (unpaired) electrons. The standard InChI is InChI=1S/C18H30O4/c1-4-5-7-12-17(18(2,14-19)22-15-20-3)21-13-16-10-8-6-9-11-16/h6,8-11,17,19H,4-5,7,12-15H2,1-3H3/t17-,18-/m1/s1. The lowest BCUT2D eigenvalue weighted by molar-refractivity contribution is -0.201. The van der Waals surface area contributed by atoms with Crippen LogP contribution in [0.2, 0.25) is 0 Å². The van der Waals surface area contributed by atoms with Crippen LogP contribution in [0, 0.1) is 0 Å². The van der Waals surface area contributed by atoms with Crippen LogP contribution in [0.25, 0.3) is 0 Å². The summed E-state index contributed by atoms with van der Waals surface area (Å²) in [6.07, 6.45) is 4.06. The summed E-state index contributed by atoms with van der Waals surface area (Å²) in [6.45, 7) is 4.63. The SMILES string of the molecule is CCCCC[C@@H](OCc1ccccc1)[C@@](C)(CO)OCOC. The molecule has 1 aromatic carbocycles. The van der Waals surface area contributed by atoms with Crippen molar-refractivity contribution in [1.82, 2.24) is 0 Å². The molecular formula is C18H30O4. The predicted octanol–water partition coefficient (Wildman–Crippen LogP) is 3.52. The van der Waals surface area contributed by atoms with E-state index in [0.717, 1.165) is 31.2 Å². The average Bonchev–Trinajstić information content (AvgIpc) is 2.56. The van der Waals surface area contributed by atoms with Crippen LogP contribution in [0.4, 0.5) is 0 Å². The molecule has 0 fully saturated rings. The Morgan fingerprint density at radius 2 is 1.91 bits per heavy atom. The molecule has 0 saturated heterocycles. The van der Waals surface area contributed by atoms with Gasteiger partial charge < -0.3 is 19.3 Å². The zero-order valence-electron chi connectivity index (χ0n) is 14.1. The third-order valence-corrected chi connectivity index (χ3v) is 3.87. The molecule has 0 aliphatic heterocycles. The normalized spacial score (nSPS) is 15.5. The molecular weight excluding hydrogens is 280 g/mol. The van der Waals surface area contributed by atoms with Crippen molar-refractivity contribution in [3.05, 3.63) is 35.9 Å². The summed E-state index contributed by atoms with van der Waals surface area (Å²) in [5.41, 5.74) is 0.369. The van der Waals surface area contributed by atoms with Crippen LogP contribution in [0.1, 0.15) is 45.1 Å². The van der Waals surface area contributed by atoms with E-state index in [0.29, 0.717) is 6.61 Å². The van der Waals surface area contributed by atoms with E-state index < -0.39 is 5.60 Å². The molecule has 1 rings (SSSR count). The molecule has 0 aliphatic carbocycles. The van der Waals surface area contributed by atoms with Crippen LogP contribution in [0.5, 0.6) is 0 Å². The second-order valence-electron chi connectivity index (χ2n) is 5.80. The second kappa shape index (κ2) is 10.7. The van der Waals surface area contributed by atoms with Crippen LogP contribution in [0.3, 0.4) is 0 Å². The summed E-state index contributed by atoms with van der Waals surface area (Å²) in [5.74, 6) is 0. The lowest BCUT2D eigenvalue weighted by Gasteiger charge is -2.36.